The van der Waals surface area contributed by atoms with E-state index in [1.54, 1.807) is 0 Å². The first-order valence-corrected chi connectivity index (χ1v) is 7.84. The minimum absolute atomic E-state index is 0.272. The first-order valence-electron chi connectivity index (χ1n) is 7.46. The van der Waals surface area contributed by atoms with Crippen LogP contribution in [0.5, 0.6) is 5.75 Å². The molecule has 0 spiro atoms. The molecule has 0 saturated heterocycles. The highest BCUT2D eigenvalue weighted by atomic mass is 35.5. The van der Waals surface area contributed by atoms with Gasteiger partial charge in [-0.15, -0.1) is 0 Å². The first kappa shape index (κ1) is 17.8. The SMILES string of the molecule is CCCNC(C)c1ccc(OCCC(C)(C)C#N)c(Cl)c1. The van der Waals surface area contributed by atoms with Crippen molar-refractivity contribution in [2.75, 3.05) is 13.2 Å². The average Bonchev–Trinajstić information content (AvgIpc) is 2.46. The fourth-order valence-corrected chi connectivity index (χ4v) is 2.10. The molecule has 1 aromatic carbocycles. The summed E-state index contributed by atoms with van der Waals surface area (Å²) in [4.78, 5) is 0. The van der Waals surface area contributed by atoms with E-state index in [0.29, 0.717) is 23.8 Å². The Labute approximate surface area is 133 Å². The molecule has 0 aromatic heterocycles. The van der Waals surface area contributed by atoms with E-state index in [9.17, 15) is 0 Å². The Morgan fingerprint density at radius 2 is 2.14 bits per heavy atom. The van der Waals surface area contributed by atoms with Crippen LogP contribution in [0.2, 0.25) is 5.02 Å². The van der Waals surface area contributed by atoms with E-state index in [1.807, 2.05) is 32.0 Å². The van der Waals surface area contributed by atoms with Gasteiger partial charge in [-0.25, -0.2) is 0 Å². The van der Waals surface area contributed by atoms with Crippen LogP contribution >= 0.6 is 11.6 Å². The summed E-state index contributed by atoms with van der Waals surface area (Å²) >= 11 is 6.27. The summed E-state index contributed by atoms with van der Waals surface area (Å²) in [6, 6.07) is 8.42. The van der Waals surface area contributed by atoms with Crippen LogP contribution in [-0.2, 0) is 0 Å². The molecule has 0 saturated carbocycles. The zero-order valence-electron chi connectivity index (χ0n) is 13.4. The van der Waals surface area contributed by atoms with Crippen LogP contribution in [-0.4, -0.2) is 13.2 Å². The van der Waals surface area contributed by atoms with Gasteiger partial charge in [0.2, 0.25) is 0 Å². The van der Waals surface area contributed by atoms with Gasteiger partial charge in [-0.1, -0.05) is 24.6 Å². The number of hydrogen-bond donors (Lipinski definition) is 1. The highest BCUT2D eigenvalue weighted by molar-refractivity contribution is 6.32. The van der Waals surface area contributed by atoms with Crippen molar-refractivity contribution in [3.63, 3.8) is 0 Å². The summed E-state index contributed by atoms with van der Waals surface area (Å²) in [5.41, 5.74) is 0.781. The van der Waals surface area contributed by atoms with Crippen molar-refractivity contribution in [1.29, 1.82) is 5.26 Å². The molecule has 0 aliphatic rings. The second-order valence-corrected chi connectivity index (χ2v) is 6.37. The number of benzene rings is 1. The molecule has 0 aliphatic carbocycles. The predicted molar refractivity (Wildman–Crippen MR) is 87.7 cm³/mol. The summed E-state index contributed by atoms with van der Waals surface area (Å²) in [7, 11) is 0. The van der Waals surface area contributed by atoms with Gasteiger partial charge < -0.3 is 10.1 Å². The van der Waals surface area contributed by atoms with Crippen molar-refractivity contribution in [2.45, 2.75) is 46.6 Å². The summed E-state index contributed by atoms with van der Waals surface area (Å²) in [5.74, 6) is 0.678. The topological polar surface area (TPSA) is 45.0 Å². The smallest absolute Gasteiger partial charge is 0.137 e. The molecule has 1 rings (SSSR count). The maximum atomic E-state index is 8.98. The molecule has 0 amide bonds. The largest absolute Gasteiger partial charge is 0.492 e. The maximum absolute atomic E-state index is 8.98. The van der Waals surface area contributed by atoms with E-state index in [-0.39, 0.29) is 11.5 Å². The summed E-state index contributed by atoms with van der Waals surface area (Å²) in [6.07, 6.45) is 1.78. The lowest BCUT2D eigenvalue weighted by Gasteiger charge is -2.17. The number of ether oxygens (including phenoxy) is 1. The van der Waals surface area contributed by atoms with Gasteiger partial charge in [0.05, 0.1) is 23.1 Å². The molecule has 4 heteroatoms. The number of nitrogens with one attached hydrogen (secondary N) is 1. The van der Waals surface area contributed by atoms with Crippen LogP contribution in [0, 0.1) is 16.7 Å². The Kier molecular flexibility index (Phi) is 7.01. The highest BCUT2D eigenvalue weighted by Gasteiger charge is 2.17. The third kappa shape index (κ3) is 5.95. The quantitative estimate of drug-likeness (QED) is 0.756. The van der Waals surface area contributed by atoms with Gasteiger partial charge in [-0.2, -0.15) is 5.26 Å². The van der Waals surface area contributed by atoms with E-state index >= 15 is 0 Å². The number of halogens is 1. The third-order valence-corrected chi connectivity index (χ3v) is 3.74. The highest BCUT2D eigenvalue weighted by Crippen LogP contribution is 2.29. The molecule has 0 bridgehead atoms. The van der Waals surface area contributed by atoms with Crippen LogP contribution in [0.1, 0.15) is 52.1 Å². The fraction of sp³-hybridized carbons (Fsp3) is 0.588. The monoisotopic (exact) mass is 308 g/mol. The Hall–Kier alpha value is -1.24. The molecule has 0 radical (unpaired) electrons. The standard InChI is InChI=1S/C17H25ClN2O/c1-5-9-20-13(2)14-6-7-16(15(18)11-14)21-10-8-17(3,4)12-19/h6-7,11,13,20H,5,8-10H2,1-4H3. The average molecular weight is 309 g/mol. The van der Waals surface area contributed by atoms with E-state index in [2.05, 4.69) is 25.2 Å². The fourth-order valence-electron chi connectivity index (χ4n) is 1.85. The molecule has 21 heavy (non-hydrogen) atoms. The molecule has 0 fully saturated rings. The summed E-state index contributed by atoms with van der Waals surface area (Å²) < 4.78 is 5.69. The van der Waals surface area contributed by atoms with Crippen LogP contribution in [0.15, 0.2) is 18.2 Å². The molecule has 1 unspecified atom stereocenters. The summed E-state index contributed by atoms with van der Waals surface area (Å²) in [5, 5.41) is 13.0. The molecule has 1 atom stereocenters. The molecule has 0 aliphatic heterocycles. The second kappa shape index (κ2) is 8.26. The van der Waals surface area contributed by atoms with Gasteiger partial charge in [-0.3, -0.25) is 0 Å². The molecule has 1 N–H and O–H groups in total. The van der Waals surface area contributed by atoms with E-state index in [4.69, 9.17) is 21.6 Å². The lowest BCUT2D eigenvalue weighted by atomic mass is 9.92. The molecule has 0 heterocycles. The van der Waals surface area contributed by atoms with Crippen LogP contribution < -0.4 is 10.1 Å². The van der Waals surface area contributed by atoms with Crippen molar-refractivity contribution in [1.82, 2.24) is 5.32 Å². The van der Waals surface area contributed by atoms with E-state index < -0.39 is 0 Å². The van der Waals surface area contributed by atoms with Gasteiger partial charge in [0, 0.05) is 6.04 Å². The number of nitrogens with zero attached hydrogens (tertiary/aromatic N) is 1. The maximum Gasteiger partial charge on any atom is 0.137 e. The molecule has 1 aromatic rings. The molecule has 116 valence electrons. The van der Waals surface area contributed by atoms with Crippen molar-refractivity contribution < 1.29 is 4.74 Å². The van der Waals surface area contributed by atoms with E-state index in [0.717, 1.165) is 18.5 Å². The number of hydrogen-bond acceptors (Lipinski definition) is 3. The lowest BCUT2D eigenvalue weighted by molar-refractivity contribution is 0.264. The first-order chi connectivity index (χ1) is 9.89. The zero-order valence-corrected chi connectivity index (χ0v) is 14.1. The van der Waals surface area contributed by atoms with Gasteiger partial charge in [0.25, 0.3) is 0 Å². The van der Waals surface area contributed by atoms with Crippen molar-refractivity contribution in [3.8, 4) is 11.8 Å². The Bertz CT molecular complexity index is 494. The Balaban J connectivity index is 2.60. The van der Waals surface area contributed by atoms with Gasteiger partial charge in [0.1, 0.15) is 5.75 Å². The number of rotatable bonds is 8. The summed E-state index contributed by atoms with van der Waals surface area (Å²) in [6.45, 7) is 9.55. The predicted octanol–water partition coefficient (Wildman–Crippen LogP) is 4.72. The normalized spacial score (nSPS) is 12.8. The van der Waals surface area contributed by atoms with Gasteiger partial charge in [0.15, 0.2) is 0 Å². The van der Waals surface area contributed by atoms with E-state index in [1.165, 1.54) is 0 Å². The van der Waals surface area contributed by atoms with Crippen molar-refractivity contribution in [2.24, 2.45) is 5.41 Å². The Morgan fingerprint density at radius 1 is 1.43 bits per heavy atom. The Morgan fingerprint density at radius 3 is 2.71 bits per heavy atom. The van der Waals surface area contributed by atoms with Gasteiger partial charge in [-0.05, 0) is 57.9 Å². The molecule has 3 nitrogen and oxygen atoms in total. The number of nitriles is 1. The van der Waals surface area contributed by atoms with Crippen molar-refractivity contribution >= 4 is 11.6 Å². The minimum Gasteiger partial charge on any atom is -0.492 e. The third-order valence-electron chi connectivity index (χ3n) is 3.44. The molecular weight excluding hydrogens is 284 g/mol. The van der Waals surface area contributed by atoms with Crippen LogP contribution in [0.4, 0.5) is 0 Å². The lowest BCUT2D eigenvalue weighted by Crippen LogP contribution is -2.19. The molecular formula is C17H25ClN2O. The van der Waals surface area contributed by atoms with Crippen LogP contribution in [0.25, 0.3) is 0 Å². The van der Waals surface area contributed by atoms with Gasteiger partial charge >= 0.3 is 0 Å². The minimum atomic E-state index is -0.370. The van der Waals surface area contributed by atoms with Crippen LogP contribution in [0.3, 0.4) is 0 Å². The second-order valence-electron chi connectivity index (χ2n) is 5.96. The van der Waals surface area contributed by atoms with Crippen molar-refractivity contribution in [3.05, 3.63) is 28.8 Å². The zero-order chi connectivity index (χ0) is 15.9.